The molecule has 0 aromatic carbocycles. The summed E-state index contributed by atoms with van der Waals surface area (Å²) in [5.41, 5.74) is -0.301. The Bertz CT molecular complexity index is 1360. The van der Waals surface area contributed by atoms with Gasteiger partial charge in [0.1, 0.15) is 17.0 Å². The van der Waals surface area contributed by atoms with Gasteiger partial charge in [0.05, 0.1) is 16.8 Å². The van der Waals surface area contributed by atoms with Gasteiger partial charge in [-0.25, -0.2) is 28.2 Å². The SMILES string of the molecule is CCS(=O)(=O)c1ccc(N(C)C(=O)NC)nc1-c1ncc2c(OCC(F)(F)C(F)(F)F)nccn12. The Morgan fingerprint density at radius 3 is 2.49 bits per heavy atom. The number of alkyl halides is 5. The molecule has 0 spiro atoms. The minimum absolute atomic E-state index is 0.0569. The van der Waals surface area contributed by atoms with E-state index in [1.54, 1.807) is 0 Å². The van der Waals surface area contributed by atoms with Gasteiger partial charge < -0.3 is 10.1 Å². The molecule has 0 saturated heterocycles. The lowest BCUT2D eigenvalue weighted by Gasteiger charge is -2.19. The smallest absolute Gasteiger partial charge is 0.456 e. The molecule has 0 saturated carbocycles. The van der Waals surface area contributed by atoms with Crippen molar-refractivity contribution >= 4 is 27.2 Å². The van der Waals surface area contributed by atoms with E-state index in [9.17, 15) is 35.2 Å². The number of halogens is 5. The van der Waals surface area contributed by atoms with Gasteiger partial charge in [0.2, 0.25) is 5.88 Å². The highest BCUT2D eigenvalue weighted by atomic mass is 32.2. The first kappa shape index (κ1) is 26.1. The second kappa shape index (κ2) is 9.24. The number of sulfone groups is 1. The van der Waals surface area contributed by atoms with Gasteiger partial charge in [-0.2, -0.15) is 22.0 Å². The zero-order valence-electron chi connectivity index (χ0n) is 18.5. The molecule has 35 heavy (non-hydrogen) atoms. The Kier molecular flexibility index (Phi) is 6.88. The summed E-state index contributed by atoms with van der Waals surface area (Å²) < 4.78 is 95.3. The molecule has 16 heteroatoms. The number of fused-ring (bicyclic) bond motifs is 1. The Balaban J connectivity index is 2.15. The summed E-state index contributed by atoms with van der Waals surface area (Å²) in [7, 11) is -1.08. The van der Waals surface area contributed by atoms with Crippen molar-refractivity contribution in [1.29, 1.82) is 0 Å². The van der Waals surface area contributed by atoms with Crippen molar-refractivity contribution in [3.05, 3.63) is 30.7 Å². The van der Waals surface area contributed by atoms with Gasteiger partial charge in [0.15, 0.2) is 22.3 Å². The first-order valence-electron chi connectivity index (χ1n) is 9.82. The lowest BCUT2D eigenvalue weighted by Crippen LogP contribution is -2.41. The summed E-state index contributed by atoms with van der Waals surface area (Å²) in [6.45, 7) is -0.617. The third-order valence-corrected chi connectivity index (χ3v) is 6.62. The predicted octanol–water partition coefficient (Wildman–Crippen LogP) is 2.94. The summed E-state index contributed by atoms with van der Waals surface area (Å²) in [6, 6.07) is 2.00. The highest BCUT2D eigenvalue weighted by Crippen LogP contribution is 2.36. The second-order valence-electron chi connectivity index (χ2n) is 7.09. The molecule has 0 atom stereocenters. The number of carbonyl (C=O) groups is 1. The van der Waals surface area contributed by atoms with Crippen molar-refractivity contribution < 1.29 is 39.9 Å². The maximum absolute atomic E-state index is 13.3. The summed E-state index contributed by atoms with van der Waals surface area (Å²) in [4.78, 5) is 24.9. The fraction of sp³-hybridized carbons (Fsp3) is 0.368. The monoisotopic (exact) mass is 522 g/mol. The first-order chi connectivity index (χ1) is 16.2. The maximum atomic E-state index is 13.3. The van der Waals surface area contributed by atoms with Crippen LogP contribution in [0.3, 0.4) is 0 Å². The third kappa shape index (κ3) is 4.96. The van der Waals surface area contributed by atoms with Crippen LogP contribution in [0.15, 0.2) is 35.6 Å². The van der Waals surface area contributed by atoms with Gasteiger partial charge in [-0.05, 0) is 12.1 Å². The van der Waals surface area contributed by atoms with Crippen molar-refractivity contribution in [3.63, 3.8) is 0 Å². The standard InChI is InChI=1S/C19H19F5N6O4S/c1-4-35(32,33)12-5-6-13(29(3)17(31)25-2)28-14(12)15-27-9-11-16(26-7-8-30(11)15)34-10-18(20,21)19(22,23)24/h5-9H,4,10H2,1-3H3,(H,25,31). The summed E-state index contributed by atoms with van der Waals surface area (Å²) >= 11 is 0. The number of nitrogens with one attached hydrogen (secondary N) is 1. The average molecular weight is 522 g/mol. The van der Waals surface area contributed by atoms with Crippen molar-refractivity contribution in [3.8, 4) is 17.4 Å². The number of hydrogen-bond acceptors (Lipinski definition) is 7. The lowest BCUT2D eigenvalue weighted by atomic mass is 10.3. The molecule has 0 unspecified atom stereocenters. The number of imidazole rings is 1. The molecule has 2 amide bonds. The van der Waals surface area contributed by atoms with Crippen LogP contribution in [-0.2, 0) is 9.84 Å². The van der Waals surface area contributed by atoms with Crippen LogP contribution in [0.25, 0.3) is 17.0 Å². The molecule has 3 aromatic heterocycles. The highest BCUT2D eigenvalue weighted by molar-refractivity contribution is 7.91. The summed E-state index contributed by atoms with van der Waals surface area (Å²) in [5.74, 6) is -6.06. The number of rotatable bonds is 7. The van der Waals surface area contributed by atoms with Crippen LogP contribution in [0.5, 0.6) is 5.88 Å². The van der Waals surface area contributed by atoms with Crippen LogP contribution in [0, 0.1) is 0 Å². The molecule has 3 rings (SSSR count). The maximum Gasteiger partial charge on any atom is 0.456 e. The van der Waals surface area contributed by atoms with Crippen LogP contribution in [0.2, 0.25) is 0 Å². The highest BCUT2D eigenvalue weighted by Gasteiger charge is 2.58. The molecule has 1 N–H and O–H groups in total. The minimum atomic E-state index is -5.83. The lowest BCUT2D eigenvalue weighted by molar-refractivity contribution is -0.290. The minimum Gasteiger partial charge on any atom is -0.469 e. The molecule has 0 fully saturated rings. The normalized spacial score (nSPS) is 12.6. The second-order valence-corrected chi connectivity index (χ2v) is 9.34. The first-order valence-corrected chi connectivity index (χ1v) is 11.5. The molecule has 10 nitrogen and oxygen atoms in total. The van der Waals surface area contributed by atoms with Crippen LogP contribution < -0.4 is 15.0 Å². The molecule has 0 aliphatic rings. The van der Waals surface area contributed by atoms with Gasteiger partial charge in [0, 0.05) is 26.5 Å². The number of urea groups is 1. The molecule has 0 aliphatic carbocycles. The topological polar surface area (TPSA) is 119 Å². The van der Waals surface area contributed by atoms with E-state index in [2.05, 4.69) is 25.0 Å². The Morgan fingerprint density at radius 1 is 1.20 bits per heavy atom. The van der Waals surface area contributed by atoms with Gasteiger partial charge in [0.25, 0.3) is 0 Å². The Hall–Kier alpha value is -3.56. The van der Waals surface area contributed by atoms with E-state index < -0.39 is 40.5 Å². The molecule has 0 aliphatic heterocycles. The predicted molar refractivity (Wildman–Crippen MR) is 113 cm³/mol. The molecule has 3 aromatic rings. The number of amides is 2. The molecular weight excluding hydrogens is 503 g/mol. The van der Waals surface area contributed by atoms with Gasteiger partial charge in [-0.15, -0.1) is 0 Å². The van der Waals surface area contributed by atoms with Gasteiger partial charge >= 0.3 is 18.1 Å². The number of nitrogens with zero attached hydrogens (tertiary/aromatic N) is 5. The molecule has 0 bridgehead atoms. The Morgan fingerprint density at radius 2 is 1.89 bits per heavy atom. The van der Waals surface area contributed by atoms with E-state index in [1.807, 2.05) is 0 Å². The van der Waals surface area contributed by atoms with E-state index in [1.165, 1.54) is 43.7 Å². The third-order valence-electron chi connectivity index (χ3n) is 4.86. The van der Waals surface area contributed by atoms with Crippen molar-refractivity contribution in [2.75, 3.05) is 31.4 Å². The Labute approximate surface area is 195 Å². The number of pyridine rings is 1. The summed E-state index contributed by atoms with van der Waals surface area (Å²) in [5, 5.41) is 2.39. The molecule has 3 heterocycles. The fourth-order valence-corrected chi connectivity index (χ4v) is 3.91. The van der Waals surface area contributed by atoms with Crippen molar-refractivity contribution in [2.45, 2.75) is 23.9 Å². The number of anilines is 1. The summed E-state index contributed by atoms with van der Waals surface area (Å²) in [6.07, 6.45) is -2.45. The number of hydrogen-bond donors (Lipinski definition) is 1. The van der Waals surface area contributed by atoms with Gasteiger partial charge in [-0.1, -0.05) is 6.92 Å². The van der Waals surface area contributed by atoms with E-state index in [4.69, 9.17) is 0 Å². The van der Waals surface area contributed by atoms with Crippen LogP contribution in [-0.4, -0.2) is 72.4 Å². The molecular formula is C19H19F5N6O4S. The molecule has 0 radical (unpaired) electrons. The zero-order chi connectivity index (χ0) is 26.2. The van der Waals surface area contributed by atoms with Crippen LogP contribution in [0.1, 0.15) is 6.92 Å². The average Bonchev–Trinajstić information content (AvgIpc) is 3.25. The van der Waals surface area contributed by atoms with E-state index in [0.29, 0.717) is 0 Å². The van der Waals surface area contributed by atoms with Gasteiger partial charge in [-0.3, -0.25) is 9.30 Å². The van der Waals surface area contributed by atoms with Crippen LogP contribution >= 0.6 is 0 Å². The van der Waals surface area contributed by atoms with Crippen LogP contribution in [0.4, 0.5) is 32.6 Å². The fourth-order valence-electron chi connectivity index (χ4n) is 2.89. The largest absolute Gasteiger partial charge is 0.469 e. The number of aromatic nitrogens is 4. The quantitative estimate of drug-likeness (QED) is 0.474. The van der Waals surface area contributed by atoms with Crippen molar-refractivity contribution in [1.82, 2.24) is 24.7 Å². The van der Waals surface area contributed by atoms with Crippen molar-refractivity contribution in [2.24, 2.45) is 0 Å². The number of ether oxygens (including phenoxy) is 1. The van der Waals surface area contributed by atoms with E-state index >= 15 is 0 Å². The van der Waals surface area contributed by atoms with E-state index in [0.717, 1.165) is 17.3 Å². The van der Waals surface area contributed by atoms with E-state index in [-0.39, 0.29) is 33.5 Å². The molecule has 190 valence electrons. The zero-order valence-corrected chi connectivity index (χ0v) is 19.3. The number of carbonyl (C=O) groups excluding carboxylic acids is 1.